The average molecular weight is 365 g/mol. The van der Waals surface area contributed by atoms with Crippen molar-refractivity contribution in [1.82, 2.24) is 0 Å². The van der Waals surface area contributed by atoms with Crippen LogP contribution in [0.25, 0.3) is 0 Å². The Labute approximate surface area is 129 Å². The fourth-order valence-electron chi connectivity index (χ4n) is 2.56. The highest BCUT2D eigenvalue weighted by molar-refractivity contribution is 9.10. The van der Waals surface area contributed by atoms with Gasteiger partial charge in [-0.25, -0.2) is 0 Å². The molecular weight excluding hydrogens is 349 g/mol. The smallest absolute Gasteiger partial charge is 0.391 e. The van der Waals surface area contributed by atoms with Crippen molar-refractivity contribution in [2.75, 3.05) is 11.1 Å². The van der Waals surface area contributed by atoms with E-state index in [0.717, 1.165) is 0 Å². The lowest BCUT2D eigenvalue weighted by atomic mass is 9.81. The topological polar surface area (TPSA) is 55.1 Å². The van der Waals surface area contributed by atoms with Crippen molar-refractivity contribution in [2.45, 2.75) is 31.9 Å². The number of halogens is 4. The van der Waals surface area contributed by atoms with E-state index in [9.17, 15) is 18.0 Å². The minimum absolute atomic E-state index is 0.0136. The molecule has 0 aliphatic heterocycles. The Morgan fingerprint density at radius 3 is 2.43 bits per heavy atom. The molecule has 0 radical (unpaired) electrons. The van der Waals surface area contributed by atoms with Gasteiger partial charge in [0, 0.05) is 16.1 Å². The van der Waals surface area contributed by atoms with Gasteiger partial charge in [0.05, 0.1) is 11.6 Å². The lowest BCUT2D eigenvalue weighted by molar-refractivity contribution is -0.184. The number of anilines is 2. The minimum atomic E-state index is -4.15. The van der Waals surface area contributed by atoms with Crippen molar-refractivity contribution in [1.29, 1.82) is 0 Å². The Morgan fingerprint density at radius 2 is 1.86 bits per heavy atom. The van der Waals surface area contributed by atoms with Crippen LogP contribution in [0.5, 0.6) is 0 Å². The first-order valence-electron chi connectivity index (χ1n) is 6.70. The van der Waals surface area contributed by atoms with Crippen LogP contribution in [0.4, 0.5) is 24.5 Å². The van der Waals surface area contributed by atoms with Gasteiger partial charge in [-0.3, -0.25) is 4.79 Å². The van der Waals surface area contributed by atoms with E-state index in [1.165, 1.54) is 0 Å². The zero-order valence-corrected chi connectivity index (χ0v) is 12.8. The highest BCUT2D eigenvalue weighted by Gasteiger charge is 2.42. The lowest BCUT2D eigenvalue weighted by Crippen LogP contribution is -2.32. The number of nitrogens with one attached hydrogen (secondary N) is 1. The van der Waals surface area contributed by atoms with E-state index in [4.69, 9.17) is 5.73 Å². The molecule has 1 aliphatic carbocycles. The molecule has 1 aliphatic rings. The maximum atomic E-state index is 12.6. The second-order valence-electron chi connectivity index (χ2n) is 5.32. The number of benzene rings is 1. The summed E-state index contributed by atoms with van der Waals surface area (Å²) < 4.78 is 38.5. The number of carbonyl (C=O) groups excluding carboxylic acids is 1. The van der Waals surface area contributed by atoms with Gasteiger partial charge >= 0.3 is 6.18 Å². The first-order valence-corrected chi connectivity index (χ1v) is 7.49. The van der Waals surface area contributed by atoms with Crippen LogP contribution < -0.4 is 11.1 Å². The molecule has 1 aromatic carbocycles. The molecule has 2 rings (SSSR count). The molecule has 0 atom stereocenters. The van der Waals surface area contributed by atoms with E-state index >= 15 is 0 Å². The van der Waals surface area contributed by atoms with Crippen LogP contribution in [-0.2, 0) is 4.79 Å². The Balaban J connectivity index is 1.95. The van der Waals surface area contributed by atoms with Gasteiger partial charge in [-0.05, 0) is 59.8 Å². The van der Waals surface area contributed by atoms with Crippen molar-refractivity contribution in [3.63, 3.8) is 0 Å². The maximum Gasteiger partial charge on any atom is 0.391 e. The van der Waals surface area contributed by atoms with Crippen LogP contribution in [-0.4, -0.2) is 12.1 Å². The average Bonchev–Trinajstić information content (AvgIpc) is 2.42. The third kappa shape index (κ3) is 4.12. The van der Waals surface area contributed by atoms with Gasteiger partial charge in [0.1, 0.15) is 0 Å². The van der Waals surface area contributed by atoms with Gasteiger partial charge in [-0.2, -0.15) is 13.2 Å². The quantitative estimate of drug-likeness (QED) is 0.767. The number of hydrogen-bond donors (Lipinski definition) is 2. The zero-order valence-electron chi connectivity index (χ0n) is 11.2. The molecule has 7 heteroatoms. The van der Waals surface area contributed by atoms with Gasteiger partial charge in [-0.15, -0.1) is 0 Å². The molecule has 0 bridgehead atoms. The summed E-state index contributed by atoms with van der Waals surface area (Å²) in [6, 6.07) is 5.02. The summed E-state index contributed by atoms with van der Waals surface area (Å²) in [7, 11) is 0. The van der Waals surface area contributed by atoms with Gasteiger partial charge in [0.2, 0.25) is 5.91 Å². The third-order valence-corrected chi connectivity index (χ3v) is 4.50. The van der Waals surface area contributed by atoms with E-state index in [0.29, 0.717) is 15.8 Å². The molecule has 1 fully saturated rings. The van der Waals surface area contributed by atoms with Crippen LogP contribution in [0.3, 0.4) is 0 Å². The standard InChI is InChI=1S/C14H16BrF3N2O/c15-11-6-5-10(19)7-12(11)20-13(21)8-1-3-9(4-2-8)14(16,17)18/h5-9H,1-4,19H2,(H,20,21). The van der Waals surface area contributed by atoms with Crippen LogP contribution in [0.15, 0.2) is 22.7 Å². The fourth-order valence-corrected chi connectivity index (χ4v) is 2.90. The van der Waals surface area contributed by atoms with Crippen LogP contribution in [0.1, 0.15) is 25.7 Å². The van der Waals surface area contributed by atoms with Gasteiger partial charge in [0.25, 0.3) is 0 Å². The molecule has 0 saturated heterocycles. The molecular formula is C14H16BrF3N2O. The number of rotatable bonds is 2. The Hall–Kier alpha value is -1.24. The number of alkyl halides is 3. The normalized spacial score (nSPS) is 22.9. The first-order chi connectivity index (χ1) is 9.77. The largest absolute Gasteiger partial charge is 0.399 e. The Kier molecular flexibility index (Phi) is 4.81. The summed E-state index contributed by atoms with van der Waals surface area (Å²) in [5.74, 6) is -1.90. The van der Waals surface area contributed by atoms with Gasteiger partial charge in [0.15, 0.2) is 0 Å². The third-order valence-electron chi connectivity index (χ3n) is 3.81. The van der Waals surface area contributed by atoms with Crippen molar-refractivity contribution >= 4 is 33.2 Å². The predicted octanol–water partition coefficient (Wildman–Crippen LogP) is 4.34. The van der Waals surface area contributed by atoms with Crippen molar-refractivity contribution in [3.05, 3.63) is 22.7 Å². The molecule has 3 N–H and O–H groups in total. The summed E-state index contributed by atoms with van der Waals surface area (Å²) in [6.07, 6.45) is -3.61. The maximum absolute atomic E-state index is 12.6. The van der Waals surface area contributed by atoms with E-state index < -0.39 is 12.1 Å². The highest BCUT2D eigenvalue weighted by Crippen LogP contribution is 2.40. The second-order valence-corrected chi connectivity index (χ2v) is 6.17. The molecule has 0 unspecified atom stereocenters. The lowest BCUT2D eigenvalue weighted by Gasteiger charge is -2.29. The van der Waals surface area contributed by atoms with E-state index in [-0.39, 0.29) is 37.5 Å². The van der Waals surface area contributed by atoms with Crippen LogP contribution in [0, 0.1) is 11.8 Å². The molecule has 0 heterocycles. The summed E-state index contributed by atoms with van der Waals surface area (Å²) in [6.45, 7) is 0. The molecule has 0 aromatic heterocycles. The predicted molar refractivity (Wildman–Crippen MR) is 78.7 cm³/mol. The van der Waals surface area contributed by atoms with E-state index in [1.54, 1.807) is 18.2 Å². The summed E-state index contributed by atoms with van der Waals surface area (Å²) in [4.78, 5) is 12.1. The molecule has 0 spiro atoms. The number of carbonyl (C=O) groups is 1. The van der Waals surface area contributed by atoms with Crippen molar-refractivity contribution in [3.8, 4) is 0 Å². The number of hydrogen-bond acceptors (Lipinski definition) is 2. The van der Waals surface area contributed by atoms with Crippen molar-refractivity contribution in [2.24, 2.45) is 11.8 Å². The highest BCUT2D eigenvalue weighted by atomic mass is 79.9. The van der Waals surface area contributed by atoms with Gasteiger partial charge in [-0.1, -0.05) is 0 Å². The first kappa shape index (κ1) is 16.1. The Morgan fingerprint density at radius 1 is 1.24 bits per heavy atom. The van der Waals surface area contributed by atoms with Crippen molar-refractivity contribution < 1.29 is 18.0 Å². The summed E-state index contributed by atoms with van der Waals surface area (Å²) >= 11 is 3.30. The van der Waals surface area contributed by atoms with Crippen LogP contribution in [0.2, 0.25) is 0 Å². The molecule has 3 nitrogen and oxygen atoms in total. The SMILES string of the molecule is Nc1ccc(Br)c(NC(=O)C2CCC(C(F)(F)F)CC2)c1. The fraction of sp³-hybridized carbons (Fsp3) is 0.500. The van der Waals surface area contributed by atoms with E-state index in [2.05, 4.69) is 21.2 Å². The molecule has 21 heavy (non-hydrogen) atoms. The summed E-state index contributed by atoms with van der Waals surface area (Å²) in [5.41, 5.74) is 6.70. The molecule has 1 amide bonds. The monoisotopic (exact) mass is 364 g/mol. The molecule has 1 aromatic rings. The number of nitrogens with two attached hydrogens (primary N) is 1. The van der Waals surface area contributed by atoms with E-state index in [1.807, 2.05) is 0 Å². The number of amides is 1. The molecule has 1 saturated carbocycles. The summed E-state index contributed by atoms with van der Waals surface area (Å²) in [5, 5.41) is 2.73. The van der Waals surface area contributed by atoms with Crippen LogP contribution >= 0.6 is 15.9 Å². The molecule has 116 valence electrons. The van der Waals surface area contributed by atoms with Gasteiger partial charge < -0.3 is 11.1 Å². The minimum Gasteiger partial charge on any atom is -0.399 e. The zero-order chi connectivity index (χ0) is 15.6. The number of nitrogen functional groups attached to an aromatic ring is 1. The second kappa shape index (κ2) is 6.25. The Bertz CT molecular complexity index is 525.